The highest BCUT2D eigenvalue weighted by Crippen LogP contribution is 2.42. The van der Waals surface area contributed by atoms with Gasteiger partial charge in [0.1, 0.15) is 28.2 Å². The number of furan rings is 4. The summed E-state index contributed by atoms with van der Waals surface area (Å²) in [4.78, 5) is 18.1. The predicted octanol–water partition coefficient (Wildman–Crippen LogP) is 22.0. The van der Waals surface area contributed by atoms with Gasteiger partial charge in [0.2, 0.25) is 45.6 Å². The molecule has 16 aromatic rings. The Labute approximate surface area is 630 Å². The Hall–Kier alpha value is -10.7. The molecule has 0 radical (unpaired) electrons. The summed E-state index contributed by atoms with van der Waals surface area (Å²) in [5, 5.41) is 8.51. The highest BCUT2D eigenvalue weighted by molar-refractivity contribution is 6.12. The summed E-state index contributed by atoms with van der Waals surface area (Å²) in [6.07, 6.45) is 13.5. The third kappa shape index (κ3) is 14.3. The van der Waals surface area contributed by atoms with E-state index < -0.39 is 12.7 Å². The lowest BCUT2D eigenvalue weighted by atomic mass is 9.94. The monoisotopic (exact) mass is 1410 g/mol. The van der Waals surface area contributed by atoms with Crippen LogP contribution in [0.4, 0.5) is 0 Å². The van der Waals surface area contributed by atoms with Gasteiger partial charge >= 0.3 is 0 Å². The molecule has 0 fully saturated rings. The average molecular weight is 1410 g/mol. The lowest BCUT2D eigenvalue weighted by molar-refractivity contribution is -0.661. The Balaban J connectivity index is 0.000000129. The summed E-state index contributed by atoms with van der Waals surface area (Å²) in [7, 11) is 8.20. The fourth-order valence-electron chi connectivity index (χ4n) is 15.2. The number of aromatic nitrogens is 8. The van der Waals surface area contributed by atoms with Crippen LogP contribution in [0, 0.1) is 93.8 Å². The van der Waals surface area contributed by atoms with Gasteiger partial charge in [-0.15, -0.1) is 0 Å². The van der Waals surface area contributed by atoms with Crippen molar-refractivity contribution >= 4 is 88.3 Å². The molecule has 0 aliphatic rings. The van der Waals surface area contributed by atoms with Crippen LogP contribution in [0.3, 0.4) is 0 Å². The molecule has 0 spiro atoms. The van der Waals surface area contributed by atoms with E-state index in [9.17, 15) is 0 Å². The fraction of sp³-hybridized carbons (Fsp3) is 0.319. The first-order chi connectivity index (χ1) is 52.0. The molecule has 12 aromatic heterocycles. The Morgan fingerprint density at radius 3 is 0.943 bits per heavy atom. The van der Waals surface area contributed by atoms with Gasteiger partial charge < -0.3 is 17.7 Å². The summed E-state index contributed by atoms with van der Waals surface area (Å²) in [6.45, 7) is 35.7. The molecule has 106 heavy (non-hydrogen) atoms. The molecule has 0 atom stereocenters. The van der Waals surface area contributed by atoms with E-state index in [2.05, 4.69) is 229 Å². The maximum absolute atomic E-state index is 8.56. The van der Waals surface area contributed by atoms with Crippen LogP contribution in [-0.2, 0) is 47.5 Å². The summed E-state index contributed by atoms with van der Waals surface area (Å²) < 4.78 is 65.8. The van der Waals surface area contributed by atoms with Gasteiger partial charge in [0.25, 0.3) is 0 Å². The third-order valence-electron chi connectivity index (χ3n) is 20.7. The lowest BCUT2D eigenvalue weighted by Crippen LogP contribution is -2.32. The quantitative estimate of drug-likeness (QED) is 0.117. The highest BCUT2D eigenvalue weighted by Gasteiger charge is 2.28. The maximum Gasteiger partial charge on any atom is 0.227 e. The van der Waals surface area contributed by atoms with Gasteiger partial charge in [-0.05, 0) is 212 Å². The van der Waals surface area contributed by atoms with Gasteiger partial charge in [-0.25, -0.2) is 38.2 Å². The Morgan fingerprint density at radius 1 is 0.340 bits per heavy atom. The largest absolute Gasteiger partial charge is 0.437 e. The van der Waals surface area contributed by atoms with Gasteiger partial charge in [0, 0.05) is 118 Å². The summed E-state index contributed by atoms with van der Waals surface area (Å²) in [5.41, 5.74) is 31.2. The number of fused-ring (bicyclic) bond motifs is 12. The van der Waals surface area contributed by atoms with Gasteiger partial charge in [-0.2, -0.15) is 0 Å². The molecule has 12 nitrogen and oxygen atoms in total. The molecule has 0 saturated heterocycles. The predicted molar refractivity (Wildman–Crippen MR) is 434 cm³/mol. The minimum Gasteiger partial charge on any atom is -0.437 e. The molecule has 0 amide bonds. The van der Waals surface area contributed by atoms with E-state index in [0.29, 0.717) is 51.8 Å². The second-order valence-corrected chi connectivity index (χ2v) is 31.0. The first-order valence-electron chi connectivity index (χ1n) is 39.2. The standard InChI is InChI=1S/2C24H27N2O.2C23H25N2O/c2*1-14(2)11-18-13-26(6)21(12-16(18)4)22-15(3)7-9-19-20-10-8-17(5)25-24(20)27-23(19)22;1-13(2)19-11-20(25(6)12-15(19)4)21-14(3)7-9-17-18-10-8-16(5)24-23(18)26-22(17)21;1-14(2)11-17-13-25(5)20(12-16(17)4)21-15(3)8-9-18-19-7-6-10-24-23(19)26-22(18)21/h2*7-10,12-14H,11H2,1-6H3;7-13H,1-6H3;6-10,12-14H,11H2,1-5H3/q4*+1/i;;4D3,13D;. The van der Waals surface area contributed by atoms with Crippen LogP contribution in [0.5, 0.6) is 0 Å². The molecule has 0 saturated carbocycles. The minimum absolute atomic E-state index is 0.195. The first kappa shape index (κ1) is 68.4. The van der Waals surface area contributed by atoms with Gasteiger partial charge in [-0.3, -0.25) is 0 Å². The molecule has 16 rings (SSSR count). The number of hydrogen-bond acceptors (Lipinski definition) is 8. The first-order valence-corrected chi connectivity index (χ1v) is 37.2. The van der Waals surface area contributed by atoms with E-state index in [-0.39, 0.29) is 5.56 Å². The normalized spacial score (nSPS) is 12.6. The molecule has 4 aromatic carbocycles. The van der Waals surface area contributed by atoms with Crippen molar-refractivity contribution in [2.24, 2.45) is 45.9 Å². The number of aryl methyl sites for hydroxylation is 15. The van der Waals surface area contributed by atoms with Crippen molar-refractivity contribution in [3.8, 4) is 45.0 Å². The van der Waals surface area contributed by atoms with Crippen LogP contribution in [0.15, 0.2) is 170 Å². The zero-order chi connectivity index (χ0) is 79.0. The van der Waals surface area contributed by atoms with Gasteiger partial charge in [0.05, 0.1) is 22.3 Å². The Morgan fingerprint density at radius 2 is 0.632 bits per heavy atom. The van der Waals surface area contributed by atoms with Crippen LogP contribution in [-0.4, -0.2) is 19.9 Å². The lowest BCUT2D eigenvalue weighted by Gasteiger charge is -2.12. The molecule has 0 unspecified atom stereocenters. The summed E-state index contributed by atoms with van der Waals surface area (Å²) >= 11 is 0. The summed E-state index contributed by atoms with van der Waals surface area (Å²) in [5.74, 6) is 0.862. The molecule has 540 valence electrons. The molecule has 0 bridgehead atoms. The number of pyridine rings is 8. The molecular formula is C94H104N8O4+4. The van der Waals surface area contributed by atoms with E-state index in [1.807, 2.05) is 87.8 Å². The van der Waals surface area contributed by atoms with E-state index in [0.717, 1.165) is 130 Å². The number of nitrogens with zero attached hydrogens (tertiary/aromatic N) is 8. The van der Waals surface area contributed by atoms with Crippen molar-refractivity contribution in [2.75, 3.05) is 0 Å². The number of rotatable bonds is 11. The third-order valence-corrected chi connectivity index (χ3v) is 20.7. The molecule has 0 aliphatic heterocycles. The SMILES string of the molecule is Cc1cc(-c2c(C)ccc3c2oc2ncccc23)[n+](C)cc1CC(C)C.Cc1ccc2c(n1)oc1c(-c3cc(C)c(CC(C)C)c[n+]3C)c(C)ccc12.Cc1ccc2c(n1)oc1c(-c3cc(C)c(CC(C)C)c[n+]3C)c(C)ccc12.[2H]C([2H])([2H])c1c[n+](C)c(-c2c(C)ccc3c2oc2nc(C)ccc23)cc1C([2H])(C)C. The topological polar surface area (TPSA) is 120 Å². The van der Waals surface area contributed by atoms with E-state index >= 15 is 0 Å². The van der Waals surface area contributed by atoms with Crippen molar-refractivity contribution < 1.29 is 41.4 Å². The van der Waals surface area contributed by atoms with Crippen LogP contribution < -0.4 is 18.3 Å². The van der Waals surface area contributed by atoms with Crippen LogP contribution >= 0.6 is 0 Å². The van der Waals surface area contributed by atoms with Gasteiger partial charge in [0.15, 0.2) is 47.1 Å². The van der Waals surface area contributed by atoms with Crippen LogP contribution in [0.2, 0.25) is 0 Å². The van der Waals surface area contributed by atoms with Crippen LogP contribution in [0.25, 0.3) is 133 Å². The Bertz CT molecular complexity index is 6090. The second kappa shape index (κ2) is 29.7. The van der Waals surface area contributed by atoms with Crippen LogP contribution in [0.1, 0.15) is 151 Å². The molecular weight excluding hydrogens is 1310 g/mol. The Kier molecular flexibility index (Phi) is 19.1. The van der Waals surface area contributed by atoms with Crippen molar-refractivity contribution in [3.63, 3.8) is 0 Å². The zero-order valence-corrected chi connectivity index (χ0v) is 66.0. The number of benzene rings is 4. The van der Waals surface area contributed by atoms with Gasteiger partial charge in [-0.1, -0.05) is 104 Å². The van der Waals surface area contributed by atoms with Crippen molar-refractivity contribution in [2.45, 2.75) is 157 Å². The minimum atomic E-state index is -2.30. The molecule has 12 heteroatoms. The van der Waals surface area contributed by atoms with E-state index in [1.54, 1.807) is 26.2 Å². The maximum atomic E-state index is 8.56. The van der Waals surface area contributed by atoms with E-state index in [1.165, 1.54) is 67.2 Å². The smallest absolute Gasteiger partial charge is 0.227 e. The summed E-state index contributed by atoms with van der Waals surface area (Å²) in [6, 6.07) is 42.1. The zero-order valence-electron chi connectivity index (χ0n) is 70.0. The fourth-order valence-corrected chi connectivity index (χ4v) is 15.2. The number of hydrogen-bond donors (Lipinski definition) is 0. The van der Waals surface area contributed by atoms with Crippen molar-refractivity contribution in [1.29, 1.82) is 0 Å². The second-order valence-electron chi connectivity index (χ2n) is 31.0. The van der Waals surface area contributed by atoms with E-state index in [4.69, 9.17) is 23.2 Å². The molecule has 0 aliphatic carbocycles. The average Bonchev–Trinajstić information content (AvgIpc) is 1.56. The molecule has 0 N–H and O–H groups in total. The van der Waals surface area contributed by atoms with Crippen molar-refractivity contribution in [3.05, 3.63) is 236 Å². The molecule has 12 heterocycles. The van der Waals surface area contributed by atoms with Crippen molar-refractivity contribution in [1.82, 2.24) is 19.9 Å². The highest BCUT2D eigenvalue weighted by atomic mass is 16.4.